The number of para-hydroxylation sites is 1. The lowest BCUT2D eigenvalue weighted by Crippen LogP contribution is -2.26. The van der Waals surface area contributed by atoms with Gasteiger partial charge in [-0.15, -0.1) is 0 Å². The summed E-state index contributed by atoms with van der Waals surface area (Å²) < 4.78 is 14.0. The Morgan fingerprint density at radius 1 is 1.29 bits per heavy atom. The largest absolute Gasteiger partial charge is 0.369 e. The van der Waals surface area contributed by atoms with E-state index in [9.17, 15) is 4.39 Å². The molecule has 1 rings (SSSR count). The van der Waals surface area contributed by atoms with Crippen LogP contribution in [0.3, 0.4) is 0 Å². The minimum absolute atomic E-state index is 0.131. The van der Waals surface area contributed by atoms with Crippen molar-refractivity contribution < 1.29 is 4.39 Å². The highest BCUT2D eigenvalue weighted by Gasteiger charge is 2.13. The van der Waals surface area contributed by atoms with E-state index in [-0.39, 0.29) is 5.82 Å². The molecule has 0 unspecified atom stereocenters. The summed E-state index contributed by atoms with van der Waals surface area (Å²) in [6.07, 6.45) is 2.94. The number of hydrogen-bond acceptors (Lipinski definition) is 2. The second-order valence-corrected chi connectivity index (χ2v) is 4.22. The molecule has 0 fully saturated rings. The molecule has 0 radical (unpaired) electrons. The van der Waals surface area contributed by atoms with Crippen molar-refractivity contribution in [3.8, 4) is 0 Å². The van der Waals surface area contributed by atoms with Crippen LogP contribution in [0.4, 0.5) is 10.1 Å². The molecule has 0 heterocycles. The molecule has 0 amide bonds. The maximum Gasteiger partial charge on any atom is 0.146 e. The van der Waals surface area contributed by atoms with Gasteiger partial charge in [-0.2, -0.15) is 0 Å². The van der Waals surface area contributed by atoms with Gasteiger partial charge in [0.2, 0.25) is 0 Å². The van der Waals surface area contributed by atoms with Crippen molar-refractivity contribution in [1.82, 2.24) is 0 Å². The summed E-state index contributed by atoms with van der Waals surface area (Å²) in [7, 11) is 0. The lowest BCUT2D eigenvalue weighted by molar-refractivity contribution is 0.610. The van der Waals surface area contributed by atoms with E-state index in [2.05, 4.69) is 18.7 Å². The van der Waals surface area contributed by atoms with Crippen molar-refractivity contribution in [3.63, 3.8) is 0 Å². The van der Waals surface area contributed by atoms with Gasteiger partial charge in [-0.1, -0.05) is 25.5 Å². The number of hydrogen-bond donors (Lipinski definition) is 1. The maximum atomic E-state index is 14.0. The first-order chi connectivity index (χ1) is 8.24. The lowest BCUT2D eigenvalue weighted by Gasteiger charge is -2.26. The second-order valence-electron chi connectivity index (χ2n) is 4.22. The molecule has 1 aromatic rings. The maximum absolute atomic E-state index is 14.0. The average molecular weight is 238 g/mol. The minimum Gasteiger partial charge on any atom is -0.369 e. The van der Waals surface area contributed by atoms with E-state index in [4.69, 9.17) is 5.73 Å². The summed E-state index contributed by atoms with van der Waals surface area (Å²) in [4.78, 5) is 2.11. The third kappa shape index (κ3) is 3.70. The fourth-order valence-electron chi connectivity index (χ4n) is 2.05. The molecule has 96 valence electrons. The number of nitrogens with zero attached hydrogens (tertiary/aromatic N) is 1. The SMILES string of the molecule is CCCCN(CC)c1c(F)cccc1CCN. The molecule has 0 aliphatic rings. The van der Waals surface area contributed by atoms with E-state index >= 15 is 0 Å². The standard InChI is InChI=1S/C14H23FN2/c1-3-5-11-17(4-2)14-12(9-10-16)7-6-8-13(14)15/h6-8H,3-5,9-11,16H2,1-2H3. The molecule has 0 atom stereocenters. The van der Waals surface area contributed by atoms with Gasteiger partial charge in [0.1, 0.15) is 5.82 Å². The van der Waals surface area contributed by atoms with Crippen LogP contribution in [0.15, 0.2) is 18.2 Å². The van der Waals surface area contributed by atoms with Crippen molar-refractivity contribution in [3.05, 3.63) is 29.6 Å². The molecule has 0 spiro atoms. The summed E-state index contributed by atoms with van der Waals surface area (Å²) in [6.45, 7) is 6.51. The smallest absolute Gasteiger partial charge is 0.146 e. The van der Waals surface area contributed by atoms with Crippen LogP contribution in [0, 0.1) is 5.82 Å². The van der Waals surface area contributed by atoms with Gasteiger partial charge in [0, 0.05) is 13.1 Å². The van der Waals surface area contributed by atoms with E-state index in [1.165, 1.54) is 6.07 Å². The van der Waals surface area contributed by atoms with Crippen LogP contribution < -0.4 is 10.6 Å². The molecule has 0 saturated carbocycles. The quantitative estimate of drug-likeness (QED) is 0.791. The zero-order valence-corrected chi connectivity index (χ0v) is 10.9. The summed E-state index contributed by atoms with van der Waals surface area (Å²) in [6, 6.07) is 5.27. The Hall–Kier alpha value is -1.09. The van der Waals surface area contributed by atoms with Gasteiger partial charge in [-0.05, 0) is 37.9 Å². The molecular formula is C14H23FN2. The minimum atomic E-state index is -0.131. The molecule has 2 nitrogen and oxygen atoms in total. The predicted molar refractivity (Wildman–Crippen MR) is 72.0 cm³/mol. The second kappa shape index (κ2) is 7.28. The van der Waals surface area contributed by atoms with Crippen LogP contribution in [0.25, 0.3) is 0 Å². The molecule has 0 saturated heterocycles. The Morgan fingerprint density at radius 3 is 2.65 bits per heavy atom. The topological polar surface area (TPSA) is 29.3 Å². The predicted octanol–water partition coefficient (Wildman–Crippen LogP) is 2.95. The third-order valence-corrected chi connectivity index (χ3v) is 2.96. The molecule has 1 aromatic carbocycles. The summed E-state index contributed by atoms with van der Waals surface area (Å²) in [5.41, 5.74) is 7.34. The summed E-state index contributed by atoms with van der Waals surface area (Å²) >= 11 is 0. The molecule has 0 aliphatic carbocycles. The Bertz CT molecular complexity index is 339. The van der Waals surface area contributed by atoms with Crippen LogP contribution in [0.2, 0.25) is 0 Å². The van der Waals surface area contributed by atoms with E-state index < -0.39 is 0 Å². The molecule has 0 bridgehead atoms. The van der Waals surface area contributed by atoms with Crippen LogP contribution >= 0.6 is 0 Å². The highest BCUT2D eigenvalue weighted by Crippen LogP contribution is 2.25. The van der Waals surface area contributed by atoms with E-state index in [0.29, 0.717) is 6.54 Å². The molecular weight excluding hydrogens is 215 g/mol. The van der Waals surface area contributed by atoms with E-state index in [1.54, 1.807) is 6.07 Å². The number of unbranched alkanes of at least 4 members (excludes halogenated alkanes) is 1. The Morgan fingerprint density at radius 2 is 2.06 bits per heavy atom. The Balaban J connectivity index is 2.98. The number of rotatable bonds is 7. The zero-order chi connectivity index (χ0) is 12.7. The van der Waals surface area contributed by atoms with Crippen molar-refractivity contribution in [2.24, 2.45) is 5.73 Å². The van der Waals surface area contributed by atoms with Gasteiger partial charge in [-0.25, -0.2) is 4.39 Å². The first kappa shape index (κ1) is 14.0. The van der Waals surface area contributed by atoms with Gasteiger partial charge >= 0.3 is 0 Å². The molecule has 17 heavy (non-hydrogen) atoms. The van der Waals surface area contributed by atoms with E-state index in [1.807, 2.05) is 6.07 Å². The normalized spacial score (nSPS) is 10.6. The Kier molecular flexibility index (Phi) is 5.98. The first-order valence-electron chi connectivity index (χ1n) is 6.47. The van der Waals surface area contributed by atoms with Crippen LogP contribution in [-0.4, -0.2) is 19.6 Å². The number of anilines is 1. The summed E-state index contributed by atoms with van der Waals surface area (Å²) in [5, 5.41) is 0. The van der Waals surface area contributed by atoms with Crippen LogP contribution in [0.1, 0.15) is 32.3 Å². The third-order valence-electron chi connectivity index (χ3n) is 2.96. The highest BCUT2D eigenvalue weighted by atomic mass is 19.1. The molecule has 2 N–H and O–H groups in total. The van der Waals surface area contributed by atoms with Crippen molar-refractivity contribution in [1.29, 1.82) is 0 Å². The monoisotopic (exact) mass is 238 g/mol. The van der Waals surface area contributed by atoms with Crippen molar-refractivity contribution in [2.75, 3.05) is 24.5 Å². The number of halogens is 1. The molecule has 0 aromatic heterocycles. The van der Waals surface area contributed by atoms with Gasteiger partial charge in [0.25, 0.3) is 0 Å². The zero-order valence-electron chi connectivity index (χ0n) is 10.9. The summed E-state index contributed by atoms with van der Waals surface area (Å²) in [5.74, 6) is -0.131. The fourth-order valence-corrected chi connectivity index (χ4v) is 2.05. The number of benzene rings is 1. The fraction of sp³-hybridized carbons (Fsp3) is 0.571. The first-order valence-corrected chi connectivity index (χ1v) is 6.47. The van der Waals surface area contributed by atoms with E-state index in [0.717, 1.165) is 43.6 Å². The van der Waals surface area contributed by atoms with Gasteiger partial charge in [-0.3, -0.25) is 0 Å². The molecule has 0 aliphatic heterocycles. The van der Waals surface area contributed by atoms with Gasteiger partial charge in [0.05, 0.1) is 5.69 Å². The average Bonchev–Trinajstić information content (AvgIpc) is 2.33. The van der Waals surface area contributed by atoms with Crippen LogP contribution in [-0.2, 0) is 6.42 Å². The van der Waals surface area contributed by atoms with Crippen LogP contribution in [0.5, 0.6) is 0 Å². The van der Waals surface area contributed by atoms with Crippen molar-refractivity contribution in [2.45, 2.75) is 33.1 Å². The lowest BCUT2D eigenvalue weighted by atomic mass is 10.1. The molecule has 3 heteroatoms. The highest BCUT2D eigenvalue weighted by molar-refractivity contribution is 5.55. The number of nitrogens with two attached hydrogens (primary N) is 1. The Labute approximate surface area is 104 Å². The van der Waals surface area contributed by atoms with Gasteiger partial charge in [0.15, 0.2) is 0 Å². The van der Waals surface area contributed by atoms with Gasteiger partial charge < -0.3 is 10.6 Å². The van der Waals surface area contributed by atoms with Crippen molar-refractivity contribution >= 4 is 5.69 Å².